The van der Waals surface area contributed by atoms with E-state index in [1.165, 1.54) is 57.2 Å². The minimum Gasteiger partial charge on any atom is -0.312 e. The van der Waals surface area contributed by atoms with Gasteiger partial charge in [0.2, 0.25) is 0 Å². The molecule has 4 rings (SSSR count). The van der Waals surface area contributed by atoms with Crippen molar-refractivity contribution >= 4 is 0 Å². The molecule has 2 saturated heterocycles. The molecule has 110 valence electrons. The van der Waals surface area contributed by atoms with E-state index in [2.05, 4.69) is 27.0 Å². The Kier molecular flexibility index (Phi) is 3.29. The van der Waals surface area contributed by atoms with Crippen molar-refractivity contribution in [3.05, 3.63) is 11.6 Å². The minimum atomic E-state index is 0.679. The van der Waals surface area contributed by atoms with Crippen LogP contribution in [0.5, 0.6) is 0 Å². The first-order valence-electron chi connectivity index (χ1n) is 8.46. The summed E-state index contributed by atoms with van der Waals surface area (Å²) in [5.74, 6) is 3.21. The average Bonchev–Trinajstić information content (AvgIpc) is 3.12. The molecule has 1 aliphatic carbocycles. The molecule has 2 aliphatic heterocycles. The van der Waals surface area contributed by atoms with E-state index < -0.39 is 0 Å². The van der Waals surface area contributed by atoms with E-state index in [1.54, 1.807) is 0 Å². The number of hydrogen-bond donors (Lipinski definition) is 1. The highest BCUT2D eigenvalue weighted by atomic mass is 15.3. The Balaban J connectivity index is 1.51. The summed E-state index contributed by atoms with van der Waals surface area (Å²) in [6, 6.07) is 2.24. The second-order valence-electron chi connectivity index (χ2n) is 7.15. The van der Waals surface area contributed by atoms with Crippen LogP contribution in [-0.2, 0) is 6.42 Å². The quantitative estimate of drug-likeness (QED) is 0.921. The molecule has 3 aliphatic rings. The van der Waals surface area contributed by atoms with Crippen molar-refractivity contribution in [3.8, 4) is 0 Å². The molecule has 1 saturated carbocycles. The van der Waals surface area contributed by atoms with Crippen LogP contribution in [0.2, 0.25) is 0 Å². The molecule has 1 aromatic rings. The van der Waals surface area contributed by atoms with Crippen molar-refractivity contribution in [2.24, 2.45) is 5.92 Å². The van der Waals surface area contributed by atoms with E-state index in [1.807, 2.05) is 0 Å². The minimum absolute atomic E-state index is 0.679. The van der Waals surface area contributed by atoms with Crippen molar-refractivity contribution in [1.29, 1.82) is 0 Å². The zero-order valence-electron chi connectivity index (χ0n) is 12.5. The lowest BCUT2D eigenvalue weighted by molar-refractivity contribution is 0.290. The number of aromatic nitrogens is 3. The fourth-order valence-electron chi connectivity index (χ4n) is 4.79. The zero-order valence-corrected chi connectivity index (χ0v) is 12.5. The normalized spacial score (nSPS) is 34.0. The number of nitrogens with zero attached hydrogens (tertiary/aromatic N) is 3. The second kappa shape index (κ2) is 5.14. The van der Waals surface area contributed by atoms with Gasteiger partial charge in [0.15, 0.2) is 0 Å². The van der Waals surface area contributed by atoms with E-state index in [-0.39, 0.29) is 0 Å². The summed E-state index contributed by atoms with van der Waals surface area (Å²) < 4.78 is 2.47. The lowest BCUT2D eigenvalue weighted by atomic mass is 9.89. The summed E-state index contributed by atoms with van der Waals surface area (Å²) in [7, 11) is 0. The predicted octanol–water partition coefficient (Wildman–Crippen LogP) is 2.77. The molecule has 3 fully saturated rings. The molecule has 4 heteroatoms. The Hall–Kier alpha value is -0.900. The van der Waals surface area contributed by atoms with Crippen LogP contribution in [0.3, 0.4) is 0 Å². The molecule has 0 aromatic carbocycles. The maximum atomic E-state index is 4.52. The molecule has 2 unspecified atom stereocenters. The topological polar surface area (TPSA) is 42.7 Å². The van der Waals surface area contributed by atoms with Gasteiger partial charge in [-0.15, -0.1) is 10.2 Å². The van der Waals surface area contributed by atoms with E-state index in [4.69, 9.17) is 0 Å². The molecule has 4 nitrogen and oxygen atoms in total. The van der Waals surface area contributed by atoms with Gasteiger partial charge < -0.3 is 9.88 Å². The number of nitrogens with one attached hydrogen (secondary N) is 1. The average molecular weight is 274 g/mol. The highest BCUT2D eigenvalue weighted by Gasteiger charge is 2.34. The first-order chi connectivity index (χ1) is 9.79. The van der Waals surface area contributed by atoms with E-state index >= 15 is 0 Å². The molecule has 2 atom stereocenters. The van der Waals surface area contributed by atoms with Crippen LogP contribution in [-0.4, -0.2) is 26.8 Å². The SMILES string of the molecule is Cc1nnc(CC2CC3CCC(C2)N3)n1C1CCCC1. The lowest BCUT2D eigenvalue weighted by Crippen LogP contribution is -2.38. The summed E-state index contributed by atoms with van der Waals surface area (Å²) in [6.07, 6.45) is 12.0. The zero-order chi connectivity index (χ0) is 13.5. The van der Waals surface area contributed by atoms with Gasteiger partial charge in [0, 0.05) is 24.5 Å². The summed E-state index contributed by atoms with van der Waals surface area (Å²) in [6.45, 7) is 2.13. The van der Waals surface area contributed by atoms with Crippen LogP contribution >= 0.6 is 0 Å². The van der Waals surface area contributed by atoms with Gasteiger partial charge in [-0.25, -0.2) is 0 Å². The molecular formula is C16H26N4. The Bertz CT molecular complexity index is 463. The summed E-state index contributed by atoms with van der Waals surface area (Å²) >= 11 is 0. The van der Waals surface area contributed by atoms with Crippen molar-refractivity contribution in [2.75, 3.05) is 0 Å². The first kappa shape index (κ1) is 12.8. The maximum absolute atomic E-state index is 4.52. The third-order valence-electron chi connectivity index (χ3n) is 5.67. The van der Waals surface area contributed by atoms with Crippen LogP contribution in [0.1, 0.15) is 69.1 Å². The third kappa shape index (κ3) is 2.28. The van der Waals surface area contributed by atoms with E-state index in [0.717, 1.165) is 30.2 Å². The fraction of sp³-hybridized carbons (Fsp3) is 0.875. The van der Waals surface area contributed by atoms with Crippen LogP contribution in [0.4, 0.5) is 0 Å². The third-order valence-corrected chi connectivity index (χ3v) is 5.67. The molecule has 0 spiro atoms. The van der Waals surface area contributed by atoms with E-state index in [9.17, 15) is 0 Å². The fourth-order valence-corrected chi connectivity index (χ4v) is 4.79. The van der Waals surface area contributed by atoms with Crippen molar-refractivity contribution in [3.63, 3.8) is 0 Å². The lowest BCUT2D eigenvalue weighted by Gasteiger charge is -2.29. The smallest absolute Gasteiger partial charge is 0.133 e. The van der Waals surface area contributed by atoms with Crippen LogP contribution in [0, 0.1) is 12.8 Å². The van der Waals surface area contributed by atoms with Gasteiger partial charge in [0.1, 0.15) is 11.6 Å². The second-order valence-corrected chi connectivity index (χ2v) is 7.15. The van der Waals surface area contributed by atoms with Crippen LogP contribution in [0.15, 0.2) is 0 Å². The predicted molar refractivity (Wildman–Crippen MR) is 78.6 cm³/mol. The van der Waals surface area contributed by atoms with Gasteiger partial charge in [-0.2, -0.15) is 0 Å². The number of hydrogen-bond acceptors (Lipinski definition) is 3. The standard InChI is InChI=1S/C16H26N4/c1-11-18-19-16(20(11)15-4-2-3-5-15)10-12-8-13-6-7-14(9-12)17-13/h12-15,17H,2-10H2,1H3. The van der Waals surface area contributed by atoms with Gasteiger partial charge in [-0.1, -0.05) is 12.8 Å². The largest absolute Gasteiger partial charge is 0.312 e. The van der Waals surface area contributed by atoms with Gasteiger partial charge in [0.25, 0.3) is 0 Å². The first-order valence-corrected chi connectivity index (χ1v) is 8.46. The molecule has 0 amide bonds. The summed E-state index contributed by atoms with van der Waals surface area (Å²) in [5.41, 5.74) is 0. The highest BCUT2D eigenvalue weighted by molar-refractivity contribution is 5.02. The van der Waals surface area contributed by atoms with Crippen molar-refractivity contribution < 1.29 is 0 Å². The number of fused-ring (bicyclic) bond motifs is 2. The number of aryl methyl sites for hydroxylation is 1. The van der Waals surface area contributed by atoms with Crippen LogP contribution < -0.4 is 5.32 Å². The number of rotatable bonds is 3. The highest BCUT2D eigenvalue weighted by Crippen LogP contribution is 2.35. The number of piperidine rings is 1. The molecule has 1 N–H and O–H groups in total. The molecule has 3 heterocycles. The van der Waals surface area contributed by atoms with Gasteiger partial charge in [-0.05, 0) is 51.4 Å². The van der Waals surface area contributed by atoms with Crippen molar-refractivity contribution in [1.82, 2.24) is 20.1 Å². The Labute approximate surface area is 121 Å². The molecule has 20 heavy (non-hydrogen) atoms. The summed E-state index contributed by atoms with van der Waals surface area (Å²) in [4.78, 5) is 0. The van der Waals surface area contributed by atoms with Crippen molar-refractivity contribution in [2.45, 2.75) is 82.8 Å². The molecular weight excluding hydrogens is 248 g/mol. The Morgan fingerprint density at radius 2 is 1.75 bits per heavy atom. The molecule has 0 radical (unpaired) electrons. The van der Waals surface area contributed by atoms with Gasteiger partial charge in [0.05, 0.1) is 0 Å². The van der Waals surface area contributed by atoms with E-state index in [0.29, 0.717) is 6.04 Å². The summed E-state index contributed by atoms with van der Waals surface area (Å²) in [5, 5.41) is 12.6. The molecule has 2 bridgehead atoms. The maximum Gasteiger partial charge on any atom is 0.133 e. The Morgan fingerprint density at radius 3 is 2.45 bits per heavy atom. The molecule has 1 aromatic heterocycles. The van der Waals surface area contributed by atoms with Gasteiger partial charge in [-0.3, -0.25) is 0 Å². The monoisotopic (exact) mass is 274 g/mol. The Morgan fingerprint density at radius 1 is 1.05 bits per heavy atom. The van der Waals surface area contributed by atoms with Crippen LogP contribution in [0.25, 0.3) is 0 Å². The van der Waals surface area contributed by atoms with Gasteiger partial charge >= 0.3 is 0 Å².